The summed E-state index contributed by atoms with van der Waals surface area (Å²) in [5.74, 6) is 0.266. The molecule has 1 amide bonds. The van der Waals surface area contributed by atoms with Gasteiger partial charge in [-0.05, 0) is 50.2 Å². The van der Waals surface area contributed by atoms with E-state index in [0.717, 1.165) is 4.47 Å². The van der Waals surface area contributed by atoms with Gasteiger partial charge in [0, 0.05) is 15.7 Å². The van der Waals surface area contributed by atoms with Gasteiger partial charge < -0.3 is 10.1 Å². The molecule has 0 aliphatic carbocycles. The van der Waals surface area contributed by atoms with Crippen molar-refractivity contribution in [2.45, 2.75) is 25.9 Å². The third kappa shape index (κ3) is 3.45. The van der Waals surface area contributed by atoms with Gasteiger partial charge in [-0.25, -0.2) is 0 Å². The number of carbonyl (C=O) groups excluding carboxylic acids is 2. The molecule has 2 aromatic rings. The number of Topliss-reactive ketones (excluding diaryl/α,β-unsaturated/α-hetero) is 1. The normalized spacial score (nSPS) is 15.5. The van der Waals surface area contributed by atoms with Crippen LogP contribution in [0.4, 0.5) is 5.69 Å². The minimum absolute atomic E-state index is 0.00615. The van der Waals surface area contributed by atoms with Gasteiger partial charge in [-0.2, -0.15) is 0 Å². The molecule has 3 rings (SSSR count). The second-order valence-electron chi connectivity index (χ2n) is 6.14. The van der Waals surface area contributed by atoms with Crippen LogP contribution in [0.3, 0.4) is 0 Å². The van der Waals surface area contributed by atoms with Crippen molar-refractivity contribution in [2.24, 2.45) is 0 Å². The van der Waals surface area contributed by atoms with E-state index in [1.165, 1.54) is 0 Å². The molecule has 1 aliphatic rings. The first-order valence-electron chi connectivity index (χ1n) is 7.27. The molecular formula is C18H16BrNO3. The minimum atomic E-state index is -0.510. The summed E-state index contributed by atoms with van der Waals surface area (Å²) in [6, 6.07) is 12.3. The predicted molar refractivity (Wildman–Crippen MR) is 92.2 cm³/mol. The highest BCUT2D eigenvalue weighted by molar-refractivity contribution is 9.10. The van der Waals surface area contributed by atoms with E-state index in [-0.39, 0.29) is 11.7 Å². The number of ether oxygens (including phenoxy) is 1. The van der Waals surface area contributed by atoms with Crippen molar-refractivity contribution in [1.82, 2.24) is 0 Å². The average Bonchev–Trinajstić information content (AvgIpc) is 2.45. The summed E-state index contributed by atoms with van der Waals surface area (Å²) in [5.41, 5.74) is 1.07. The molecule has 2 aromatic carbocycles. The maximum absolute atomic E-state index is 12.4. The number of hydrogen-bond acceptors (Lipinski definition) is 3. The highest BCUT2D eigenvalue weighted by Gasteiger charge is 2.32. The Hall–Kier alpha value is -2.14. The third-order valence-corrected chi connectivity index (χ3v) is 4.09. The summed E-state index contributed by atoms with van der Waals surface area (Å²) in [5, 5.41) is 2.82. The fourth-order valence-corrected chi connectivity index (χ4v) is 2.96. The van der Waals surface area contributed by atoms with Gasteiger partial charge in [0.2, 0.25) is 0 Å². The molecule has 23 heavy (non-hydrogen) atoms. The maximum Gasteiger partial charge on any atom is 0.255 e. The minimum Gasteiger partial charge on any atom is -0.487 e. The number of rotatable bonds is 2. The zero-order chi connectivity index (χ0) is 16.6. The quantitative estimate of drug-likeness (QED) is 0.845. The summed E-state index contributed by atoms with van der Waals surface area (Å²) in [6.45, 7) is 3.75. The molecule has 1 heterocycles. The second kappa shape index (κ2) is 5.81. The topological polar surface area (TPSA) is 55.4 Å². The first-order valence-corrected chi connectivity index (χ1v) is 8.06. The number of benzene rings is 2. The summed E-state index contributed by atoms with van der Waals surface area (Å²) in [4.78, 5) is 24.6. The lowest BCUT2D eigenvalue weighted by atomic mass is 9.92. The number of anilines is 1. The third-order valence-electron chi connectivity index (χ3n) is 3.60. The lowest BCUT2D eigenvalue weighted by molar-refractivity contribution is 0.0620. The standard InChI is InChI=1S/C18H16BrNO3/c1-18(2)10-15(21)14-8-11(6-7-16(14)23-18)17(22)20-13-5-3-4-12(19)9-13/h3-9H,10H2,1-2H3,(H,20,22). The van der Waals surface area contributed by atoms with Crippen LogP contribution in [0.15, 0.2) is 46.9 Å². The zero-order valence-corrected chi connectivity index (χ0v) is 14.4. The molecule has 118 valence electrons. The van der Waals surface area contributed by atoms with E-state index in [2.05, 4.69) is 21.2 Å². The number of hydrogen-bond donors (Lipinski definition) is 1. The van der Waals surface area contributed by atoms with Crippen LogP contribution in [0.2, 0.25) is 0 Å². The number of nitrogens with one attached hydrogen (secondary N) is 1. The summed E-state index contributed by atoms with van der Waals surface area (Å²) < 4.78 is 6.68. The molecule has 0 spiro atoms. The van der Waals surface area contributed by atoms with Crippen molar-refractivity contribution >= 4 is 33.3 Å². The van der Waals surface area contributed by atoms with Crippen LogP contribution in [0, 0.1) is 0 Å². The van der Waals surface area contributed by atoms with Crippen LogP contribution in [0.25, 0.3) is 0 Å². The molecule has 1 N–H and O–H groups in total. The molecule has 0 fully saturated rings. The van der Waals surface area contributed by atoms with Crippen molar-refractivity contribution in [2.75, 3.05) is 5.32 Å². The Kier molecular flexibility index (Phi) is 3.98. The van der Waals surface area contributed by atoms with Gasteiger partial charge in [0.25, 0.3) is 5.91 Å². The zero-order valence-electron chi connectivity index (χ0n) is 12.9. The van der Waals surface area contributed by atoms with Crippen LogP contribution < -0.4 is 10.1 Å². The molecule has 0 saturated heterocycles. The smallest absolute Gasteiger partial charge is 0.255 e. The van der Waals surface area contributed by atoms with Crippen LogP contribution in [0.1, 0.15) is 41.0 Å². The Morgan fingerprint density at radius 1 is 1.22 bits per heavy atom. The average molecular weight is 374 g/mol. The summed E-state index contributed by atoms with van der Waals surface area (Å²) in [6.07, 6.45) is 0.302. The first kappa shape index (κ1) is 15.7. The molecule has 1 aliphatic heterocycles. The van der Waals surface area contributed by atoms with Crippen molar-refractivity contribution in [3.05, 3.63) is 58.1 Å². The van der Waals surface area contributed by atoms with Crippen molar-refractivity contribution < 1.29 is 14.3 Å². The predicted octanol–water partition coefficient (Wildman–Crippen LogP) is 4.45. The van der Waals surface area contributed by atoms with E-state index >= 15 is 0 Å². The molecule has 0 radical (unpaired) electrons. The molecule has 5 heteroatoms. The van der Waals surface area contributed by atoms with Gasteiger partial charge in [-0.1, -0.05) is 22.0 Å². The van der Waals surface area contributed by atoms with Crippen LogP contribution in [-0.2, 0) is 0 Å². The highest BCUT2D eigenvalue weighted by atomic mass is 79.9. The van der Waals surface area contributed by atoms with Crippen molar-refractivity contribution in [3.8, 4) is 5.75 Å². The lowest BCUT2D eigenvalue weighted by Gasteiger charge is -2.31. The van der Waals surface area contributed by atoms with E-state index in [1.54, 1.807) is 24.3 Å². The summed E-state index contributed by atoms with van der Waals surface area (Å²) in [7, 11) is 0. The highest BCUT2D eigenvalue weighted by Crippen LogP contribution is 2.33. The molecule has 0 saturated carbocycles. The van der Waals surface area contributed by atoms with E-state index in [9.17, 15) is 9.59 Å². The number of carbonyl (C=O) groups is 2. The Labute approximate surface area is 143 Å². The van der Waals surface area contributed by atoms with Gasteiger partial charge in [0.1, 0.15) is 11.4 Å². The first-order chi connectivity index (χ1) is 10.8. The molecule has 0 unspecified atom stereocenters. The maximum atomic E-state index is 12.4. The van der Waals surface area contributed by atoms with Gasteiger partial charge in [-0.15, -0.1) is 0 Å². The number of ketones is 1. The van der Waals surface area contributed by atoms with E-state index in [0.29, 0.717) is 29.0 Å². The SMILES string of the molecule is CC1(C)CC(=O)c2cc(C(=O)Nc3cccc(Br)c3)ccc2O1. The molecule has 0 aromatic heterocycles. The molecular weight excluding hydrogens is 358 g/mol. The lowest BCUT2D eigenvalue weighted by Crippen LogP contribution is -2.36. The Morgan fingerprint density at radius 3 is 2.74 bits per heavy atom. The van der Waals surface area contributed by atoms with Gasteiger partial charge >= 0.3 is 0 Å². The largest absolute Gasteiger partial charge is 0.487 e. The van der Waals surface area contributed by atoms with Crippen molar-refractivity contribution in [1.29, 1.82) is 0 Å². The van der Waals surface area contributed by atoms with Gasteiger partial charge in [0.05, 0.1) is 12.0 Å². The molecule has 4 nitrogen and oxygen atoms in total. The van der Waals surface area contributed by atoms with Crippen molar-refractivity contribution in [3.63, 3.8) is 0 Å². The molecule has 0 atom stereocenters. The fraction of sp³-hybridized carbons (Fsp3) is 0.222. The van der Waals surface area contributed by atoms with E-state index < -0.39 is 5.60 Å². The number of halogens is 1. The van der Waals surface area contributed by atoms with Crippen LogP contribution in [0.5, 0.6) is 5.75 Å². The van der Waals surface area contributed by atoms with E-state index in [4.69, 9.17) is 4.74 Å². The van der Waals surface area contributed by atoms with Crippen LogP contribution >= 0.6 is 15.9 Å². The monoisotopic (exact) mass is 373 g/mol. The second-order valence-corrected chi connectivity index (χ2v) is 7.05. The van der Waals surface area contributed by atoms with E-state index in [1.807, 2.05) is 32.0 Å². The van der Waals surface area contributed by atoms with Crippen LogP contribution in [-0.4, -0.2) is 17.3 Å². The Balaban J connectivity index is 1.86. The Bertz CT molecular complexity index is 799. The Morgan fingerprint density at radius 2 is 2.00 bits per heavy atom. The summed E-state index contributed by atoms with van der Waals surface area (Å²) >= 11 is 3.36. The van der Waals surface area contributed by atoms with Gasteiger partial charge in [-0.3, -0.25) is 9.59 Å². The fourth-order valence-electron chi connectivity index (χ4n) is 2.56. The van der Waals surface area contributed by atoms with Gasteiger partial charge in [0.15, 0.2) is 5.78 Å². The molecule has 0 bridgehead atoms. The number of amides is 1. The number of fused-ring (bicyclic) bond motifs is 1.